The van der Waals surface area contributed by atoms with Crippen molar-refractivity contribution in [2.24, 2.45) is 7.05 Å². The van der Waals surface area contributed by atoms with Crippen molar-refractivity contribution in [1.29, 1.82) is 0 Å². The minimum atomic E-state index is -0.141. The topological polar surface area (TPSA) is 104 Å². The van der Waals surface area contributed by atoms with E-state index in [-0.39, 0.29) is 5.91 Å². The largest absolute Gasteiger partial charge is 0.376 e. The molecule has 3 aromatic rings. The van der Waals surface area contributed by atoms with Crippen LogP contribution in [0.25, 0.3) is 11.6 Å². The number of fused-ring (bicyclic) bond motifs is 1. The van der Waals surface area contributed by atoms with Crippen molar-refractivity contribution < 1.29 is 14.1 Å². The Hall–Kier alpha value is -3.01. The molecule has 4 heterocycles. The highest BCUT2D eigenvalue weighted by molar-refractivity contribution is 5.91. The van der Waals surface area contributed by atoms with Crippen LogP contribution in [0.3, 0.4) is 0 Å². The Morgan fingerprint density at radius 2 is 2.21 bits per heavy atom. The number of aryl methyl sites for hydroxylation is 2. The summed E-state index contributed by atoms with van der Waals surface area (Å²) >= 11 is 0. The van der Waals surface area contributed by atoms with Crippen LogP contribution >= 0.6 is 0 Å². The quantitative estimate of drug-likeness (QED) is 0.625. The normalized spacial score (nSPS) is 13.5. The van der Waals surface area contributed by atoms with E-state index in [1.54, 1.807) is 35.9 Å². The van der Waals surface area contributed by atoms with Crippen LogP contribution in [0.5, 0.6) is 0 Å². The van der Waals surface area contributed by atoms with Crippen LogP contribution in [-0.4, -0.2) is 60.7 Å². The third-order valence-electron chi connectivity index (χ3n) is 4.82. The first-order valence-corrected chi connectivity index (χ1v) is 9.31. The second kappa shape index (κ2) is 7.55. The molecule has 1 aliphatic rings. The van der Waals surface area contributed by atoms with E-state index in [9.17, 15) is 4.79 Å². The summed E-state index contributed by atoms with van der Waals surface area (Å²) in [4.78, 5) is 18.4. The zero-order valence-electron chi connectivity index (χ0n) is 16.3. The van der Waals surface area contributed by atoms with Crippen LogP contribution in [0.2, 0.25) is 0 Å². The Kier molecular flexibility index (Phi) is 4.95. The molecule has 4 rings (SSSR count). The minimum Gasteiger partial charge on any atom is -0.376 e. The van der Waals surface area contributed by atoms with Crippen molar-refractivity contribution in [3.05, 3.63) is 35.0 Å². The van der Waals surface area contributed by atoms with Crippen molar-refractivity contribution in [2.75, 3.05) is 20.2 Å². The van der Waals surface area contributed by atoms with Gasteiger partial charge in [-0.1, -0.05) is 5.16 Å². The number of nitrogens with zero attached hydrogens (tertiary/aromatic N) is 7. The number of ether oxygens (including phenoxy) is 1. The number of rotatable bonds is 6. The number of carbonyl (C=O) groups is 1. The maximum Gasteiger partial charge on any atom is 0.278 e. The van der Waals surface area contributed by atoms with E-state index >= 15 is 0 Å². The lowest BCUT2D eigenvalue weighted by Crippen LogP contribution is -2.29. The molecule has 0 saturated carbocycles. The van der Waals surface area contributed by atoms with Gasteiger partial charge in [-0.2, -0.15) is 15.2 Å². The standard InChI is InChI=1S/C18H23N7O3/c1-4-25-14-7-10-27-11-12(14)16(21-25)17-19-15(22-28-17)6-8-23(2)18(26)13-5-9-24(3)20-13/h5,9H,4,6-8,10-11H2,1-3H3. The second-order valence-electron chi connectivity index (χ2n) is 6.76. The number of hydrogen-bond acceptors (Lipinski definition) is 7. The van der Waals surface area contributed by atoms with Gasteiger partial charge in [-0.3, -0.25) is 14.2 Å². The van der Waals surface area contributed by atoms with E-state index in [0.29, 0.717) is 49.3 Å². The zero-order chi connectivity index (χ0) is 19.7. The van der Waals surface area contributed by atoms with Gasteiger partial charge in [0.25, 0.3) is 11.8 Å². The molecular formula is C18H23N7O3. The predicted octanol–water partition coefficient (Wildman–Crippen LogP) is 1.07. The van der Waals surface area contributed by atoms with Crippen molar-refractivity contribution in [3.63, 3.8) is 0 Å². The molecule has 28 heavy (non-hydrogen) atoms. The summed E-state index contributed by atoms with van der Waals surface area (Å²) in [6.07, 6.45) is 3.05. The van der Waals surface area contributed by atoms with Gasteiger partial charge < -0.3 is 14.2 Å². The van der Waals surface area contributed by atoms with Gasteiger partial charge in [0.2, 0.25) is 0 Å². The molecule has 1 aliphatic heterocycles. The highest BCUT2D eigenvalue weighted by Crippen LogP contribution is 2.28. The molecule has 10 heteroatoms. The Bertz CT molecular complexity index is 987. The molecule has 148 valence electrons. The van der Waals surface area contributed by atoms with Gasteiger partial charge in [-0.05, 0) is 13.0 Å². The lowest BCUT2D eigenvalue weighted by Gasteiger charge is -2.14. The first kappa shape index (κ1) is 18.4. The molecule has 0 saturated heterocycles. The maximum atomic E-state index is 12.4. The Labute approximate surface area is 162 Å². The highest BCUT2D eigenvalue weighted by atomic mass is 16.5. The number of likely N-dealkylation sites (N-methyl/N-ethyl adjacent to an activating group) is 1. The van der Waals surface area contributed by atoms with Crippen LogP contribution in [0.4, 0.5) is 0 Å². The van der Waals surface area contributed by atoms with Gasteiger partial charge in [-0.15, -0.1) is 0 Å². The van der Waals surface area contributed by atoms with E-state index in [2.05, 4.69) is 27.3 Å². The molecule has 0 unspecified atom stereocenters. The summed E-state index contributed by atoms with van der Waals surface area (Å²) in [6, 6.07) is 1.70. The number of carbonyl (C=O) groups excluding carboxylic acids is 1. The van der Waals surface area contributed by atoms with Crippen LogP contribution < -0.4 is 0 Å². The monoisotopic (exact) mass is 385 g/mol. The highest BCUT2D eigenvalue weighted by Gasteiger charge is 2.25. The third-order valence-corrected chi connectivity index (χ3v) is 4.82. The van der Waals surface area contributed by atoms with Gasteiger partial charge in [0.05, 0.1) is 13.2 Å². The van der Waals surface area contributed by atoms with Gasteiger partial charge in [0.1, 0.15) is 5.69 Å². The fraction of sp³-hybridized carbons (Fsp3) is 0.500. The van der Waals surface area contributed by atoms with Gasteiger partial charge in [-0.25, -0.2) is 0 Å². The van der Waals surface area contributed by atoms with Crippen molar-refractivity contribution in [2.45, 2.75) is 32.9 Å². The number of hydrogen-bond donors (Lipinski definition) is 0. The molecule has 0 aliphatic carbocycles. The predicted molar refractivity (Wildman–Crippen MR) is 98.4 cm³/mol. The molecule has 0 fully saturated rings. The third kappa shape index (κ3) is 3.42. The first-order valence-electron chi connectivity index (χ1n) is 9.31. The van der Waals surface area contributed by atoms with Crippen LogP contribution in [0, 0.1) is 0 Å². The van der Waals surface area contributed by atoms with E-state index in [1.807, 2.05) is 4.68 Å². The van der Waals surface area contributed by atoms with Crippen molar-refractivity contribution in [3.8, 4) is 11.6 Å². The molecule has 0 aromatic carbocycles. The minimum absolute atomic E-state index is 0.141. The summed E-state index contributed by atoms with van der Waals surface area (Å²) in [7, 11) is 3.51. The molecular weight excluding hydrogens is 362 g/mol. The summed E-state index contributed by atoms with van der Waals surface area (Å²) < 4.78 is 14.6. The molecule has 0 N–H and O–H groups in total. The van der Waals surface area contributed by atoms with E-state index < -0.39 is 0 Å². The zero-order valence-corrected chi connectivity index (χ0v) is 16.3. The Morgan fingerprint density at radius 1 is 1.36 bits per heavy atom. The molecule has 3 aromatic heterocycles. The van der Waals surface area contributed by atoms with E-state index in [1.165, 1.54) is 5.69 Å². The fourth-order valence-electron chi connectivity index (χ4n) is 3.29. The van der Waals surface area contributed by atoms with Crippen LogP contribution in [-0.2, 0) is 37.8 Å². The smallest absolute Gasteiger partial charge is 0.278 e. The van der Waals surface area contributed by atoms with Gasteiger partial charge in [0.15, 0.2) is 11.5 Å². The van der Waals surface area contributed by atoms with Crippen molar-refractivity contribution >= 4 is 5.91 Å². The molecule has 0 spiro atoms. The molecule has 10 nitrogen and oxygen atoms in total. The lowest BCUT2D eigenvalue weighted by atomic mass is 10.1. The fourth-order valence-corrected chi connectivity index (χ4v) is 3.29. The van der Waals surface area contributed by atoms with Gasteiger partial charge >= 0.3 is 0 Å². The van der Waals surface area contributed by atoms with Crippen LogP contribution in [0.1, 0.15) is 34.5 Å². The maximum absolute atomic E-state index is 12.4. The number of amides is 1. The molecule has 0 radical (unpaired) electrons. The Morgan fingerprint density at radius 3 is 2.96 bits per heavy atom. The SMILES string of the molecule is CCn1nc(-c2nc(CCN(C)C(=O)c3ccn(C)n3)no2)c2c1CCOC2. The summed E-state index contributed by atoms with van der Waals surface area (Å²) in [6.45, 7) is 4.50. The summed E-state index contributed by atoms with van der Waals surface area (Å²) in [5, 5.41) is 12.8. The first-order chi connectivity index (χ1) is 13.6. The molecule has 1 amide bonds. The van der Waals surface area contributed by atoms with Gasteiger partial charge in [0, 0.05) is 57.5 Å². The average molecular weight is 385 g/mol. The summed E-state index contributed by atoms with van der Waals surface area (Å²) in [5.74, 6) is 0.784. The van der Waals surface area contributed by atoms with Crippen molar-refractivity contribution in [1.82, 2.24) is 34.6 Å². The molecule has 0 bridgehead atoms. The van der Waals surface area contributed by atoms with E-state index in [0.717, 1.165) is 18.5 Å². The molecule has 0 atom stereocenters. The summed E-state index contributed by atoms with van der Waals surface area (Å²) in [5.41, 5.74) is 3.29. The van der Waals surface area contributed by atoms with E-state index in [4.69, 9.17) is 9.26 Å². The Balaban J connectivity index is 1.45. The van der Waals surface area contributed by atoms with Crippen LogP contribution in [0.15, 0.2) is 16.8 Å². The second-order valence-corrected chi connectivity index (χ2v) is 6.76. The average Bonchev–Trinajstić information content (AvgIpc) is 3.43. The number of aromatic nitrogens is 6. The lowest BCUT2D eigenvalue weighted by molar-refractivity contribution is 0.0789.